The molecule has 4 aromatic heterocycles. The molecule has 252 valence electrons. The summed E-state index contributed by atoms with van der Waals surface area (Å²) >= 11 is 0. The summed E-state index contributed by atoms with van der Waals surface area (Å²) in [7, 11) is 3.66. The number of benzene rings is 1. The molecule has 1 N–H and O–H groups in total. The fourth-order valence-electron chi connectivity index (χ4n) is 8.52. The molecule has 3 unspecified atom stereocenters. The van der Waals surface area contributed by atoms with Crippen LogP contribution in [-0.2, 0) is 18.4 Å². The van der Waals surface area contributed by atoms with Crippen LogP contribution in [0.4, 0.5) is 5.82 Å². The zero-order chi connectivity index (χ0) is 33.6. The first kappa shape index (κ1) is 30.3. The summed E-state index contributed by atoms with van der Waals surface area (Å²) in [6.07, 6.45) is 6.01. The number of likely N-dealkylation sites (tertiary alicyclic amines) is 1. The molecule has 5 aromatic rings. The van der Waals surface area contributed by atoms with Gasteiger partial charge in [0.1, 0.15) is 28.8 Å². The maximum atomic E-state index is 13.9. The number of amides is 2. The number of carbonyl (C=O) groups excluding carboxylic acids is 2. The Labute approximate surface area is 284 Å². The molecule has 4 atom stereocenters. The van der Waals surface area contributed by atoms with Gasteiger partial charge in [0, 0.05) is 62.4 Å². The molecule has 2 aliphatic heterocycles. The van der Waals surface area contributed by atoms with Crippen LogP contribution in [0.15, 0.2) is 48.7 Å². The molecule has 4 aliphatic rings. The number of imidazole rings is 1. The highest BCUT2D eigenvalue weighted by Crippen LogP contribution is 2.42. The Morgan fingerprint density at radius 3 is 2.61 bits per heavy atom. The predicted molar refractivity (Wildman–Crippen MR) is 186 cm³/mol. The Kier molecular flexibility index (Phi) is 7.05. The smallest absolute Gasteiger partial charge is 0.257 e. The normalized spacial score (nSPS) is 23.7. The number of aliphatic hydroxyl groups is 1. The van der Waals surface area contributed by atoms with Crippen molar-refractivity contribution in [2.45, 2.75) is 51.7 Å². The highest BCUT2D eigenvalue weighted by molar-refractivity contribution is 6.00. The average molecular weight is 660 g/mol. The minimum Gasteiger partial charge on any atom is -0.494 e. The molecule has 6 heterocycles. The van der Waals surface area contributed by atoms with Gasteiger partial charge >= 0.3 is 0 Å². The van der Waals surface area contributed by atoms with E-state index in [-0.39, 0.29) is 11.8 Å². The Morgan fingerprint density at radius 2 is 1.90 bits per heavy atom. The molecule has 4 fully saturated rings. The van der Waals surface area contributed by atoms with E-state index < -0.39 is 6.10 Å². The molecule has 2 saturated heterocycles. The molecule has 11 nitrogen and oxygen atoms in total. The lowest BCUT2D eigenvalue weighted by molar-refractivity contribution is -0.124. The lowest BCUT2D eigenvalue weighted by Gasteiger charge is -2.32. The van der Waals surface area contributed by atoms with Crippen LogP contribution in [0, 0.1) is 23.7 Å². The fraction of sp³-hybridized carbons (Fsp3) is 0.447. The topological polar surface area (TPSA) is 119 Å². The van der Waals surface area contributed by atoms with E-state index in [0.717, 1.165) is 64.5 Å². The van der Waals surface area contributed by atoms with Gasteiger partial charge in [0.25, 0.3) is 11.8 Å². The van der Waals surface area contributed by atoms with Gasteiger partial charge in [-0.3, -0.25) is 14.5 Å². The van der Waals surface area contributed by atoms with Gasteiger partial charge in [0.2, 0.25) is 0 Å². The maximum absolute atomic E-state index is 13.9. The zero-order valence-corrected chi connectivity index (χ0v) is 28.2. The Morgan fingerprint density at radius 1 is 1.04 bits per heavy atom. The molecule has 49 heavy (non-hydrogen) atoms. The summed E-state index contributed by atoms with van der Waals surface area (Å²) < 4.78 is 10.3. The summed E-state index contributed by atoms with van der Waals surface area (Å²) in [5.74, 6) is 4.16. The van der Waals surface area contributed by atoms with E-state index in [0.29, 0.717) is 53.8 Å². The van der Waals surface area contributed by atoms with Crippen LogP contribution in [0.5, 0.6) is 5.75 Å². The van der Waals surface area contributed by atoms with Gasteiger partial charge in [-0.2, -0.15) is 0 Å². The van der Waals surface area contributed by atoms with Crippen molar-refractivity contribution in [2.24, 2.45) is 30.7 Å². The van der Waals surface area contributed by atoms with Crippen molar-refractivity contribution in [3.8, 4) is 28.5 Å². The molecule has 2 aliphatic carbocycles. The molecule has 2 bridgehead atoms. The van der Waals surface area contributed by atoms with Crippen LogP contribution in [0.2, 0.25) is 0 Å². The second-order valence-corrected chi connectivity index (χ2v) is 14.7. The van der Waals surface area contributed by atoms with Crippen molar-refractivity contribution in [2.75, 3.05) is 31.6 Å². The standard InChI is InChI=1S/C38H41N7O4/c1-21-12-23-13-27(21)20-43(18-23)37(47)26-14-29-34(32(16-26)49-3)42(2)36(41-29)30-15-24-6-8-28(40-35(24)45(30)19-22-4-5-22)25-7-9-33(39-17-25)44-11-10-31(46)38(44)48/h6-9,14-17,21-23,27,31,46H,4-5,10-13,18-20H2,1-3H3/t21-,23?,27?,31?/m0/s1. The number of ether oxygens (including phenoxy) is 1. The Bertz CT molecular complexity index is 2130. The van der Waals surface area contributed by atoms with E-state index >= 15 is 0 Å². The van der Waals surface area contributed by atoms with Gasteiger partial charge in [-0.1, -0.05) is 6.92 Å². The molecular formula is C38H41N7O4. The Balaban J connectivity index is 1.08. The summed E-state index contributed by atoms with van der Waals surface area (Å²) in [5.41, 5.74) is 5.70. The van der Waals surface area contributed by atoms with Crippen molar-refractivity contribution < 1.29 is 19.4 Å². The van der Waals surface area contributed by atoms with Gasteiger partial charge in [0.15, 0.2) is 5.82 Å². The minimum absolute atomic E-state index is 0.0583. The lowest BCUT2D eigenvalue weighted by Crippen LogP contribution is -2.41. The number of anilines is 1. The van der Waals surface area contributed by atoms with E-state index in [1.165, 1.54) is 30.6 Å². The van der Waals surface area contributed by atoms with E-state index in [9.17, 15) is 14.7 Å². The van der Waals surface area contributed by atoms with E-state index in [1.54, 1.807) is 13.3 Å². The molecule has 1 aromatic carbocycles. The first-order valence-electron chi connectivity index (χ1n) is 17.6. The van der Waals surface area contributed by atoms with E-state index in [4.69, 9.17) is 14.7 Å². The molecule has 11 heteroatoms. The molecule has 2 saturated carbocycles. The first-order chi connectivity index (χ1) is 23.7. The van der Waals surface area contributed by atoms with Crippen molar-refractivity contribution in [3.05, 3.63) is 54.2 Å². The summed E-state index contributed by atoms with van der Waals surface area (Å²) in [6, 6.07) is 13.8. The molecular weight excluding hydrogens is 618 g/mol. The summed E-state index contributed by atoms with van der Waals surface area (Å²) in [5, 5.41) is 10.9. The van der Waals surface area contributed by atoms with Gasteiger partial charge < -0.3 is 23.9 Å². The minimum atomic E-state index is -0.959. The Hall–Kier alpha value is -4.77. The zero-order valence-electron chi connectivity index (χ0n) is 28.2. The van der Waals surface area contributed by atoms with Crippen molar-refractivity contribution in [1.29, 1.82) is 0 Å². The molecule has 0 spiro atoms. The van der Waals surface area contributed by atoms with Gasteiger partial charge in [-0.05, 0) is 91.8 Å². The maximum Gasteiger partial charge on any atom is 0.257 e. The summed E-state index contributed by atoms with van der Waals surface area (Å²) in [6.45, 7) is 5.27. The van der Waals surface area contributed by atoms with E-state index in [2.05, 4.69) is 33.2 Å². The lowest BCUT2D eigenvalue weighted by atomic mass is 9.95. The number of rotatable bonds is 7. The number of methoxy groups -OCH3 is 1. The van der Waals surface area contributed by atoms with Crippen LogP contribution in [-0.4, -0.2) is 78.8 Å². The average Bonchev–Trinajstić information content (AvgIpc) is 3.56. The van der Waals surface area contributed by atoms with Crippen LogP contribution in [0.25, 0.3) is 44.8 Å². The van der Waals surface area contributed by atoms with Crippen LogP contribution in [0.1, 0.15) is 49.4 Å². The predicted octanol–water partition coefficient (Wildman–Crippen LogP) is 5.29. The van der Waals surface area contributed by atoms with Gasteiger partial charge in [0.05, 0.1) is 24.0 Å². The van der Waals surface area contributed by atoms with Gasteiger partial charge in [-0.25, -0.2) is 15.0 Å². The third kappa shape index (κ3) is 5.08. The fourth-order valence-corrected chi connectivity index (χ4v) is 8.52. The van der Waals surface area contributed by atoms with Crippen molar-refractivity contribution in [3.63, 3.8) is 0 Å². The third-order valence-electron chi connectivity index (χ3n) is 11.4. The first-order valence-corrected chi connectivity index (χ1v) is 17.6. The van der Waals surface area contributed by atoms with Crippen molar-refractivity contribution >= 4 is 39.7 Å². The third-order valence-corrected chi connectivity index (χ3v) is 11.4. The van der Waals surface area contributed by atoms with Crippen LogP contribution < -0.4 is 9.64 Å². The van der Waals surface area contributed by atoms with Crippen molar-refractivity contribution in [1.82, 2.24) is 29.0 Å². The van der Waals surface area contributed by atoms with Crippen LogP contribution >= 0.6 is 0 Å². The van der Waals surface area contributed by atoms with Crippen LogP contribution in [0.3, 0.4) is 0 Å². The second kappa shape index (κ2) is 11.4. The summed E-state index contributed by atoms with van der Waals surface area (Å²) in [4.78, 5) is 44.6. The number of pyridine rings is 2. The monoisotopic (exact) mass is 659 g/mol. The van der Waals surface area contributed by atoms with E-state index in [1.807, 2.05) is 42.3 Å². The number of piperidine rings is 1. The number of aryl methyl sites for hydroxylation is 1. The van der Waals surface area contributed by atoms with Gasteiger partial charge in [-0.15, -0.1) is 0 Å². The highest BCUT2D eigenvalue weighted by atomic mass is 16.5. The quantitative estimate of drug-likeness (QED) is 0.252. The molecule has 2 amide bonds. The number of hydrogen-bond acceptors (Lipinski definition) is 7. The number of nitrogens with zero attached hydrogens (tertiary/aromatic N) is 7. The number of aromatic nitrogens is 5. The number of carbonyl (C=O) groups is 2. The second-order valence-electron chi connectivity index (χ2n) is 14.7. The molecule has 9 rings (SSSR count). The number of hydrogen-bond donors (Lipinski definition) is 1. The number of aliphatic hydroxyl groups excluding tert-OH is 1. The largest absolute Gasteiger partial charge is 0.494 e. The number of fused-ring (bicyclic) bond motifs is 4. The highest BCUT2D eigenvalue weighted by Gasteiger charge is 2.40. The SMILES string of the molecule is COc1cc(C(=O)N2CC3CC(C2)[C@@H](C)C3)cc2nc(-c3cc4ccc(-c5ccc(N6CCC(O)C6=O)nc5)nc4n3CC3CC3)n(C)c12. The molecule has 0 radical (unpaired) electrons.